The summed E-state index contributed by atoms with van der Waals surface area (Å²) in [6.45, 7) is 0.455. The number of aromatic amines is 1. The summed E-state index contributed by atoms with van der Waals surface area (Å²) in [7, 11) is 0. The third-order valence-electron chi connectivity index (χ3n) is 5.68. The summed E-state index contributed by atoms with van der Waals surface area (Å²) in [6.07, 6.45) is 3.84. The van der Waals surface area contributed by atoms with Crippen LogP contribution in [0, 0.1) is 0 Å². The van der Waals surface area contributed by atoms with Gasteiger partial charge in [0, 0.05) is 35.9 Å². The first-order valence-electron chi connectivity index (χ1n) is 11.7. The van der Waals surface area contributed by atoms with E-state index in [1.54, 1.807) is 6.21 Å². The molecule has 0 aliphatic carbocycles. The molecule has 10 heteroatoms. The minimum Gasteiger partial charge on any atom is -0.481 e. The highest BCUT2D eigenvalue weighted by Crippen LogP contribution is 2.29. The largest absolute Gasteiger partial charge is 0.481 e. The van der Waals surface area contributed by atoms with Gasteiger partial charge >= 0.3 is 5.97 Å². The molecule has 1 fully saturated rings. The van der Waals surface area contributed by atoms with Crippen LogP contribution in [0.3, 0.4) is 0 Å². The zero-order valence-electron chi connectivity index (χ0n) is 19.6. The van der Waals surface area contributed by atoms with Crippen molar-refractivity contribution in [1.29, 1.82) is 0 Å². The lowest BCUT2D eigenvalue weighted by Crippen LogP contribution is -2.31. The van der Waals surface area contributed by atoms with E-state index >= 15 is 0 Å². The number of para-hydroxylation sites is 1. The van der Waals surface area contributed by atoms with Gasteiger partial charge in [-0.05, 0) is 24.5 Å². The third-order valence-corrected chi connectivity index (χ3v) is 6.75. The quantitative estimate of drug-likeness (QED) is 0.178. The van der Waals surface area contributed by atoms with E-state index < -0.39 is 11.2 Å². The van der Waals surface area contributed by atoms with Crippen LogP contribution in [0.2, 0.25) is 0 Å². The first-order valence-corrected chi connectivity index (χ1v) is 12.6. The van der Waals surface area contributed by atoms with Crippen LogP contribution in [-0.2, 0) is 14.4 Å². The molecule has 3 aromatic rings. The maximum atomic E-state index is 12.3. The van der Waals surface area contributed by atoms with Gasteiger partial charge in [-0.2, -0.15) is 5.10 Å². The van der Waals surface area contributed by atoms with Crippen molar-refractivity contribution in [2.75, 3.05) is 6.54 Å². The van der Waals surface area contributed by atoms with E-state index in [2.05, 4.69) is 25.8 Å². The molecule has 1 atom stereocenters. The number of nitrogens with zero attached hydrogens (tertiary/aromatic N) is 2. The van der Waals surface area contributed by atoms with Crippen LogP contribution in [0.1, 0.15) is 37.7 Å². The lowest BCUT2D eigenvalue weighted by molar-refractivity contribution is -0.137. The number of hydrogen-bond donors (Lipinski definition) is 4. The van der Waals surface area contributed by atoms with Crippen molar-refractivity contribution < 1.29 is 19.5 Å². The summed E-state index contributed by atoms with van der Waals surface area (Å²) in [5, 5.41) is 23.3. The van der Waals surface area contributed by atoms with E-state index in [0.717, 1.165) is 34.1 Å². The van der Waals surface area contributed by atoms with Gasteiger partial charge in [0.2, 0.25) is 11.8 Å². The van der Waals surface area contributed by atoms with Crippen LogP contribution in [0.5, 0.6) is 0 Å². The lowest BCUT2D eigenvalue weighted by Gasteiger charge is -2.07. The lowest BCUT2D eigenvalue weighted by atomic mass is 10.1. The highest BCUT2D eigenvalue weighted by Gasteiger charge is 2.32. The second kappa shape index (κ2) is 12.2. The molecule has 1 aromatic heterocycles. The number of aromatic nitrogens is 1. The van der Waals surface area contributed by atoms with Crippen molar-refractivity contribution in [2.45, 2.75) is 37.4 Å². The zero-order valence-corrected chi connectivity index (χ0v) is 20.4. The van der Waals surface area contributed by atoms with Gasteiger partial charge in [-0.3, -0.25) is 14.4 Å². The van der Waals surface area contributed by atoms with Crippen LogP contribution in [0.4, 0.5) is 0 Å². The Morgan fingerprint density at radius 3 is 2.64 bits per heavy atom. The standard InChI is InChI=1S/C26H27N5O4S/c32-22(27-14-8-2-5-13-23(33)34)15-21-25(35)30-26(36-21)31-28-16-19-18-11-6-7-12-20(18)29-24(19)17-9-3-1-4-10-17/h1,3-4,6-7,9-12,16,21,29H,2,5,8,13-15H2,(H,27,32)(H,33,34)(H,30,31,35)/b28-16-/t21-/m0/s1. The maximum absolute atomic E-state index is 12.3. The molecular formula is C26H27N5O4S. The van der Waals surface area contributed by atoms with E-state index in [1.165, 1.54) is 11.8 Å². The van der Waals surface area contributed by atoms with Gasteiger partial charge in [0.1, 0.15) is 5.25 Å². The Hall–Kier alpha value is -3.92. The molecule has 0 bridgehead atoms. The SMILES string of the molecule is O=C(O)CCCCCNC(=O)C[C@@H]1S/C(=N\N=C/c2c(-c3ccccc3)[nH]c3ccccc23)NC1=O. The minimum atomic E-state index is -0.816. The number of benzene rings is 2. The van der Waals surface area contributed by atoms with E-state index in [9.17, 15) is 14.4 Å². The van der Waals surface area contributed by atoms with Crippen LogP contribution >= 0.6 is 11.8 Å². The molecule has 1 aliphatic rings. The van der Waals surface area contributed by atoms with Gasteiger partial charge in [0.25, 0.3) is 0 Å². The molecule has 36 heavy (non-hydrogen) atoms. The molecule has 0 unspecified atom stereocenters. The smallest absolute Gasteiger partial charge is 0.303 e. The highest BCUT2D eigenvalue weighted by molar-refractivity contribution is 8.15. The number of hydrogen-bond acceptors (Lipinski definition) is 6. The number of H-pyrrole nitrogens is 1. The number of aliphatic carboxylic acids is 1. The van der Waals surface area contributed by atoms with Gasteiger partial charge in [0.05, 0.1) is 11.9 Å². The molecule has 1 saturated heterocycles. The number of rotatable bonds is 11. The summed E-state index contributed by atoms with van der Waals surface area (Å²) in [4.78, 5) is 38.4. The van der Waals surface area contributed by atoms with Crippen LogP contribution in [0.25, 0.3) is 22.2 Å². The summed E-state index contributed by atoms with van der Waals surface area (Å²) in [6, 6.07) is 17.9. The average Bonchev–Trinajstić information content (AvgIpc) is 3.41. The minimum absolute atomic E-state index is 0.0367. The second-order valence-corrected chi connectivity index (χ2v) is 9.52. The van der Waals surface area contributed by atoms with Gasteiger partial charge in [-0.1, -0.05) is 66.7 Å². The number of carboxylic acid groups (broad SMARTS) is 1. The number of thioether (sulfide) groups is 1. The van der Waals surface area contributed by atoms with Crippen LogP contribution in [-0.4, -0.2) is 51.1 Å². The Morgan fingerprint density at radius 1 is 1.06 bits per heavy atom. The molecular weight excluding hydrogens is 478 g/mol. The van der Waals surface area contributed by atoms with Crippen molar-refractivity contribution >= 4 is 51.8 Å². The van der Waals surface area contributed by atoms with E-state index in [-0.39, 0.29) is 24.7 Å². The summed E-state index contributed by atoms with van der Waals surface area (Å²) in [5.41, 5.74) is 3.84. The first-order chi connectivity index (χ1) is 17.5. The molecule has 1 aliphatic heterocycles. The van der Waals surface area contributed by atoms with Gasteiger partial charge in [-0.25, -0.2) is 0 Å². The normalized spacial score (nSPS) is 16.6. The fraction of sp³-hybridized carbons (Fsp3) is 0.269. The van der Waals surface area contributed by atoms with Crippen LogP contribution < -0.4 is 10.6 Å². The third kappa shape index (κ3) is 6.60. The van der Waals surface area contributed by atoms with Crippen molar-refractivity contribution in [3.8, 4) is 11.3 Å². The predicted octanol–water partition coefficient (Wildman–Crippen LogP) is 3.91. The van der Waals surface area contributed by atoms with Gasteiger partial charge in [0.15, 0.2) is 5.17 Å². The Balaban J connectivity index is 1.35. The number of amides is 2. The maximum Gasteiger partial charge on any atom is 0.303 e. The molecule has 4 rings (SSSR count). The van der Waals surface area contributed by atoms with Crippen LogP contribution in [0.15, 0.2) is 64.8 Å². The Labute approximate surface area is 212 Å². The van der Waals surface area contributed by atoms with Gasteiger partial charge < -0.3 is 20.7 Å². The van der Waals surface area contributed by atoms with Crippen molar-refractivity contribution in [1.82, 2.24) is 15.6 Å². The summed E-state index contributed by atoms with van der Waals surface area (Å²) < 4.78 is 0. The first kappa shape index (κ1) is 25.2. The number of amidine groups is 1. The van der Waals surface area contributed by atoms with Crippen molar-refractivity contribution in [3.63, 3.8) is 0 Å². The molecule has 2 heterocycles. The number of carboxylic acids is 1. The molecule has 2 amide bonds. The zero-order chi connectivity index (χ0) is 25.3. The number of carbonyl (C=O) groups excluding carboxylic acids is 2. The number of fused-ring (bicyclic) bond motifs is 1. The second-order valence-electron chi connectivity index (χ2n) is 8.33. The Kier molecular flexibility index (Phi) is 8.51. The average molecular weight is 506 g/mol. The predicted molar refractivity (Wildman–Crippen MR) is 142 cm³/mol. The monoisotopic (exact) mass is 505 g/mol. The highest BCUT2D eigenvalue weighted by atomic mass is 32.2. The summed E-state index contributed by atoms with van der Waals surface area (Å²) in [5.74, 6) is -1.32. The molecule has 0 saturated carbocycles. The molecule has 0 radical (unpaired) electrons. The fourth-order valence-corrected chi connectivity index (χ4v) is 4.83. The Morgan fingerprint density at radius 2 is 1.83 bits per heavy atom. The molecule has 186 valence electrons. The molecule has 2 aromatic carbocycles. The number of unbranched alkanes of at least 4 members (excludes halogenated alkanes) is 2. The summed E-state index contributed by atoms with van der Waals surface area (Å²) >= 11 is 1.18. The molecule has 0 spiro atoms. The number of carbonyl (C=O) groups is 3. The molecule has 9 nitrogen and oxygen atoms in total. The van der Waals surface area contributed by atoms with Gasteiger partial charge in [-0.15, -0.1) is 5.10 Å². The van der Waals surface area contributed by atoms with Crippen molar-refractivity contribution in [2.24, 2.45) is 10.2 Å². The van der Waals surface area contributed by atoms with E-state index in [0.29, 0.717) is 24.6 Å². The van der Waals surface area contributed by atoms with E-state index in [4.69, 9.17) is 5.11 Å². The molecule has 4 N–H and O–H groups in total. The number of nitrogens with one attached hydrogen (secondary N) is 3. The van der Waals surface area contributed by atoms with E-state index in [1.807, 2.05) is 54.6 Å². The topological polar surface area (TPSA) is 136 Å². The Bertz CT molecular complexity index is 1300. The van der Waals surface area contributed by atoms with Crippen molar-refractivity contribution in [3.05, 3.63) is 60.2 Å². The fourth-order valence-electron chi connectivity index (χ4n) is 3.90.